The van der Waals surface area contributed by atoms with Gasteiger partial charge in [0.05, 0.1) is 6.26 Å². The largest absolute Gasteiger partial charge is 0.478 e. The second kappa shape index (κ2) is 3.30. The standard InChI is InChI=1S/C8H8O5/c1-2-4-3-13-6(8(11)12)5(4)7(9)10/h3H,2H2,1H3,(H,9,10)(H,11,12). The number of aryl methyl sites for hydroxylation is 1. The zero-order valence-corrected chi connectivity index (χ0v) is 6.90. The molecule has 0 fully saturated rings. The molecule has 0 spiro atoms. The van der Waals surface area contributed by atoms with Gasteiger partial charge in [0.15, 0.2) is 0 Å². The summed E-state index contributed by atoms with van der Waals surface area (Å²) in [7, 11) is 0. The first-order chi connectivity index (χ1) is 6.07. The fourth-order valence-corrected chi connectivity index (χ4v) is 1.05. The summed E-state index contributed by atoms with van der Waals surface area (Å²) in [4.78, 5) is 21.1. The van der Waals surface area contributed by atoms with Crippen LogP contribution >= 0.6 is 0 Å². The van der Waals surface area contributed by atoms with Gasteiger partial charge in [0.1, 0.15) is 5.56 Å². The molecule has 1 heterocycles. The molecule has 1 aromatic rings. The van der Waals surface area contributed by atoms with E-state index in [1.165, 1.54) is 0 Å². The van der Waals surface area contributed by atoms with Crippen LogP contribution < -0.4 is 0 Å². The Kier molecular flexibility index (Phi) is 2.36. The Morgan fingerprint density at radius 3 is 2.38 bits per heavy atom. The van der Waals surface area contributed by atoms with Crippen LogP contribution in [0.25, 0.3) is 0 Å². The summed E-state index contributed by atoms with van der Waals surface area (Å²) in [5.74, 6) is -3.15. The van der Waals surface area contributed by atoms with Crippen LogP contribution in [-0.2, 0) is 6.42 Å². The number of carboxylic acids is 2. The van der Waals surface area contributed by atoms with Crippen molar-refractivity contribution >= 4 is 11.9 Å². The van der Waals surface area contributed by atoms with Crippen molar-refractivity contribution in [1.29, 1.82) is 0 Å². The summed E-state index contributed by atoms with van der Waals surface area (Å²) in [5.41, 5.74) is 0.139. The molecule has 0 amide bonds. The second-order valence-electron chi connectivity index (χ2n) is 2.43. The SMILES string of the molecule is CCc1coc(C(=O)O)c1C(=O)O. The summed E-state index contributed by atoms with van der Waals surface area (Å²) in [5, 5.41) is 17.3. The lowest BCUT2D eigenvalue weighted by atomic mass is 10.1. The molecule has 1 rings (SSSR count). The molecule has 5 nitrogen and oxygen atoms in total. The molecule has 0 saturated heterocycles. The molecule has 0 aliphatic carbocycles. The van der Waals surface area contributed by atoms with Gasteiger partial charge in [-0.3, -0.25) is 0 Å². The van der Waals surface area contributed by atoms with Crippen molar-refractivity contribution in [2.75, 3.05) is 0 Å². The minimum Gasteiger partial charge on any atom is -0.478 e. The molecule has 5 heteroatoms. The van der Waals surface area contributed by atoms with Crippen LogP contribution in [0.1, 0.15) is 33.4 Å². The van der Waals surface area contributed by atoms with Gasteiger partial charge >= 0.3 is 11.9 Å². The highest BCUT2D eigenvalue weighted by molar-refractivity contribution is 6.00. The number of hydrogen-bond donors (Lipinski definition) is 2. The summed E-state index contributed by atoms with van der Waals surface area (Å²) in [6.07, 6.45) is 1.59. The number of rotatable bonds is 3. The van der Waals surface area contributed by atoms with Crippen molar-refractivity contribution in [3.63, 3.8) is 0 Å². The normalized spacial score (nSPS) is 9.92. The van der Waals surface area contributed by atoms with Gasteiger partial charge in [0, 0.05) is 5.56 Å². The molecule has 1 aromatic heterocycles. The molecular weight excluding hydrogens is 176 g/mol. The molecule has 0 unspecified atom stereocenters. The van der Waals surface area contributed by atoms with Crippen molar-refractivity contribution in [2.24, 2.45) is 0 Å². The van der Waals surface area contributed by atoms with E-state index < -0.39 is 17.7 Å². The van der Waals surface area contributed by atoms with Crippen LogP contribution in [0, 0.1) is 0 Å². The third-order valence-corrected chi connectivity index (χ3v) is 1.66. The minimum atomic E-state index is -1.36. The molecule has 13 heavy (non-hydrogen) atoms. The fraction of sp³-hybridized carbons (Fsp3) is 0.250. The van der Waals surface area contributed by atoms with Gasteiger partial charge in [-0.15, -0.1) is 0 Å². The predicted molar refractivity (Wildman–Crippen MR) is 42.0 cm³/mol. The number of hydrogen-bond acceptors (Lipinski definition) is 3. The lowest BCUT2D eigenvalue weighted by Crippen LogP contribution is -2.06. The Morgan fingerprint density at radius 1 is 1.38 bits per heavy atom. The maximum absolute atomic E-state index is 10.6. The van der Waals surface area contributed by atoms with Gasteiger partial charge in [0.25, 0.3) is 0 Å². The second-order valence-corrected chi connectivity index (χ2v) is 2.43. The molecule has 0 bridgehead atoms. The van der Waals surface area contributed by atoms with Crippen LogP contribution in [0.5, 0.6) is 0 Å². The Bertz CT molecular complexity index is 349. The average Bonchev–Trinajstić information content (AvgIpc) is 2.46. The van der Waals surface area contributed by atoms with Crippen molar-refractivity contribution in [3.05, 3.63) is 23.2 Å². The fourth-order valence-electron chi connectivity index (χ4n) is 1.05. The zero-order valence-electron chi connectivity index (χ0n) is 6.90. The summed E-state index contributed by atoms with van der Waals surface area (Å²) in [6, 6.07) is 0. The highest BCUT2D eigenvalue weighted by atomic mass is 16.4. The van der Waals surface area contributed by atoms with Crippen LogP contribution in [0.3, 0.4) is 0 Å². The topological polar surface area (TPSA) is 87.7 Å². The molecule has 0 aromatic carbocycles. The number of aromatic carboxylic acids is 2. The van der Waals surface area contributed by atoms with Crippen LogP contribution in [-0.4, -0.2) is 22.2 Å². The van der Waals surface area contributed by atoms with Gasteiger partial charge in [-0.05, 0) is 6.42 Å². The third kappa shape index (κ3) is 1.53. The molecule has 2 N–H and O–H groups in total. The van der Waals surface area contributed by atoms with Crippen LogP contribution in [0.4, 0.5) is 0 Å². The highest BCUT2D eigenvalue weighted by Gasteiger charge is 2.23. The van der Waals surface area contributed by atoms with E-state index in [9.17, 15) is 9.59 Å². The van der Waals surface area contributed by atoms with E-state index in [1.807, 2.05) is 0 Å². The van der Waals surface area contributed by atoms with E-state index in [1.54, 1.807) is 6.92 Å². The van der Waals surface area contributed by atoms with Crippen molar-refractivity contribution in [1.82, 2.24) is 0 Å². The monoisotopic (exact) mass is 184 g/mol. The maximum atomic E-state index is 10.6. The van der Waals surface area contributed by atoms with Gasteiger partial charge in [-0.2, -0.15) is 0 Å². The third-order valence-electron chi connectivity index (χ3n) is 1.66. The molecule has 0 aliphatic heterocycles. The molecule has 0 saturated carbocycles. The van der Waals surface area contributed by atoms with Crippen molar-refractivity contribution in [3.8, 4) is 0 Å². The molecule has 0 aliphatic rings. The van der Waals surface area contributed by atoms with Gasteiger partial charge in [-0.25, -0.2) is 9.59 Å². The Hall–Kier alpha value is -1.78. The minimum absolute atomic E-state index is 0.255. The molecule has 70 valence electrons. The molecular formula is C8H8O5. The summed E-state index contributed by atoms with van der Waals surface area (Å²) >= 11 is 0. The summed E-state index contributed by atoms with van der Waals surface area (Å²) in [6.45, 7) is 1.73. The zero-order chi connectivity index (χ0) is 10.0. The van der Waals surface area contributed by atoms with Gasteiger partial charge in [-0.1, -0.05) is 6.92 Å². The first-order valence-corrected chi connectivity index (χ1v) is 3.64. The Labute approximate surface area is 73.6 Å². The number of furan rings is 1. The first kappa shape index (κ1) is 9.31. The Morgan fingerprint density at radius 2 is 2.00 bits per heavy atom. The number of carbonyl (C=O) groups is 2. The van der Waals surface area contributed by atoms with E-state index in [-0.39, 0.29) is 5.56 Å². The quantitative estimate of drug-likeness (QED) is 0.737. The molecule has 0 radical (unpaired) electrons. The van der Waals surface area contributed by atoms with Crippen molar-refractivity contribution in [2.45, 2.75) is 13.3 Å². The highest BCUT2D eigenvalue weighted by Crippen LogP contribution is 2.17. The van der Waals surface area contributed by atoms with Crippen molar-refractivity contribution < 1.29 is 24.2 Å². The van der Waals surface area contributed by atoms with E-state index in [0.717, 1.165) is 6.26 Å². The average molecular weight is 184 g/mol. The predicted octanol–water partition coefficient (Wildman–Crippen LogP) is 1.24. The van der Waals surface area contributed by atoms with E-state index in [2.05, 4.69) is 4.42 Å². The van der Waals surface area contributed by atoms with Gasteiger partial charge < -0.3 is 14.6 Å². The number of carboxylic acid groups (broad SMARTS) is 2. The van der Waals surface area contributed by atoms with E-state index in [4.69, 9.17) is 10.2 Å². The lowest BCUT2D eigenvalue weighted by Gasteiger charge is -1.93. The van der Waals surface area contributed by atoms with Crippen LogP contribution in [0.2, 0.25) is 0 Å². The maximum Gasteiger partial charge on any atom is 0.372 e. The smallest absolute Gasteiger partial charge is 0.372 e. The van der Waals surface area contributed by atoms with Gasteiger partial charge in [0.2, 0.25) is 5.76 Å². The Balaban J connectivity index is 3.30. The molecule has 0 atom stereocenters. The first-order valence-electron chi connectivity index (χ1n) is 3.64. The van der Waals surface area contributed by atoms with Crippen LogP contribution in [0.15, 0.2) is 10.7 Å². The van der Waals surface area contributed by atoms with E-state index >= 15 is 0 Å². The summed E-state index contributed by atoms with van der Waals surface area (Å²) < 4.78 is 4.63. The lowest BCUT2D eigenvalue weighted by molar-refractivity contribution is 0.0625. The van der Waals surface area contributed by atoms with E-state index in [0.29, 0.717) is 12.0 Å².